The number of hydrogen-bond acceptors (Lipinski definition) is 5. The second-order valence-corrected chi connectivity index (χ2v) is 5.62. The minimum atomic E-state index is -0.561. The van der Waals surface area contributed by atoms with Gasteiger partial charge in [-0.05, 0) is 34.6 Å². The topological polar surface area (TPSA) is 82.5 Å². The monoisotopic (exact) mass is 297 g/mol. The Morgan fingerprint density at radius 1 is 1.43 bits per heavy atom. The van der Waals surface area contributed by atoms with E-state index in [9.17, 15) is 9.59 Å². The molecule has 0 aliphatic rings. The Morgan fingerprint density at radius 3 is 2.67 bits per heavy atom. The van der Waals surface area contributed by atoms with Crippen molar-refractivity contribution >= 4 is 12.1 Å². The molecule has 0 fully saturated rings. The Morgan fingerprint density at radius 2 is 2.10 bits per heavy atom. The third kappa shape index (κ3) is 5.85. The SMILES string of the molecule is CCOC(=O)Cn1cncc1[C@H](C)NC(=O)OC(C)(C)C. The highest BCUT2D eigenvalue weighted by molar-refractivity contribution is 5.69. The van der Waals surface area contributed by atoms with Crippen LogP contribution >= 0.6 is 0 Å². The van der Waals surface area contributed by atoms with Crippen molar-refractivity contribution in [2.75, 3.05) is 6.61 Å². The average Bonchev–Trinajstić information content (AvgIpc) is 2.74. The first-order chi connectivity index (χ1) is 9.73. The number of alkyl carbamates (subject to hydrolysis) is 1. The Bertz CT molecular complexity index is 491. The number of carbonyl (C=O) groups excluding carboxylic acids is 2. The molecule has 0 saturated carbocycles. The number of esters is 1. The van der Waals surface area contributed by atoms with Gasteiger partial charge in [-0.1, -0.05) is 0 Å². The quantitative estimate of drug-likeness (QED) is 0.841. The number of nitrogens with zero attached hydrogens (tertiary/aromatic N) is 2. The fraction of sp³-hybridized carbons (Fsp3) is 0.643. The van der Waals surface area contributed by atoms with Gasteiger partial charge >= 0.3 is 12.1 Å². The summed E-state index contributed by atoms with van der Waals surface area (Å²) in [5.74, 6) is -0.346. The van der Waals surface area contributed by atoms with Crippen LogP contribution in [0.4, 0.5) is 4.79 Å². The van der Waals surface area contributed by atoms with Gasteiger partial charge in [0.25, 0.3) is 0 Å². The van der Waals surface area contributed by atoms with E-state index >= 15 is 0 Å². The van der Waals surface area contributed by atoms with Crippen LogP contribution in [0.3, 0.4) is 0 Å². The molecule has 7 nitrogen and oxygen atoms in total. The van der Waals surface area contributed by atoms with Crippen molar-refractivity contribution in [2.45, 2.75) is 52.8 Å². The summed E-state index contributed by atoms with van der Waals surface area (Å²) in [6.45, 7) is 9.31. The van der Waals surface area contributed by atoms with Gasteiger partial charge in [-0.15, -0.1) is 0 Å². The molecule has 0 spiro atoms. The molecular formula is C14H23N3O4. The standard InChI is InChI=1S/C14H23N3O4/c1-6-20-12(18)8-17-9-15-7-11(17)10(2)16-13(19)21-14(3,4)5/h7,9-10H,6,8H2,1-5H3,(H,16,19)/t10-/m0/s1. The van der Waals surface area contributed by atoms with Crippen LogP contribution in [0.5, 0.6) is 0 Å². The van der Waals surface area contributed by atoms with Gasteiger partial charge in [0.2, 0.25) is 0 Å². The van der Waals surface area contributed by atoms with E-state index in [0.29, 0.717) is 12.3 Å². The lowest BCUT2D eigenvalue weighted by Gasteiger charge is -2.22. The van der Waals surface area contributed by atoms with Crippen molar-refractivity contribution in [3.8, 4) is 0 Å². The highest BCUT2D eigenvalue weighted by atomic mass is 16.6. The Labute approximate surface area is 124 Å². The maximum absolute atomic E-state index is 11.7. The van der Waals surface area contributed by atoms with Crippen molar-refractivity contribution in [3.05, 3.63) is 18.2 Å². The number of aromatic nitrogens is 2. The highest BCUT2D eigenvalue weighted by Gasteiger charge is 2.20. The molecule has 1 aromatic rings. The molecule has 118 valence electrons. The lowest BCUT2D eigenvalue weighted by molar-refractivity contribution is -0.143. The van der Waals surface area contributed by atoms with E-state index in [1.54, 1.807) is 45.4 Å². The van der Waals surface area contributed by atoms with Crippen LogP contribution in [0.25, 0.3) is 0 Å². The van der Waals surface area contributed by atoms with E-state index in [2.05, 4.69) is 10.3 Å². The largest absolute Gasteiger partial charge is 0.465 e. The van der Waals surface area contributed by atoms with Crippen LogP contribution in [0, 0.1) is 0 Å². The minimum absolute atomic E-state index is 0.0590. The van der Waals surface area contributed by atoms with Crippen LogP contribution < -0.4 is 5.32 Å². The molecule has 0 aromatic carbocycles. The summed E-state index contributed by atoms with van der Waals surface area (Å²) < 4.78 is 11.7. The summed E-state index contributed by atoms with van der Waals surface area (Å²) in [6.07, 6.45) is 2.61. The van der Waals surface area contributed by atoms with Gasteiger partial charge in [-0.2, -0.15) is 0 Å². The van der Waals surface area contributed by atoms with E-state index in [0.717, 1.165) is 0 Å². The van der Waals surface area contributed by atoms with Crippen LogP contribution in [0.1, 0.15) is 46.4 Å². The van der Waals surface area contributed by atoms with E-state index in [-0.39, 0.29) is 18.6 Å². The molecule has 0 unspecified atom stereocenters. The lowest BCUT2D eigenvalue weighted by Crippen LogP contribution is -2.34. The summed E-state index contributed by atoms with van der Waals surface area (Å²) in [5.41, 5.74) is 0.142. The summed E-state index contributed by atoms with van der Waals surface area (Å²) in [5, 5.41) is 2.71. The van der Waals surface area contributed by atoms with Gasteiger partial charge in [0.1, 0.15) is 12.1 Å². The third-order valence-electron chi connectivity index (χ3n) is 2.53. The van der Waals surface area contributed by atoms with Crippen LogP contribution in [0.15, 0.2) is 12.5 Å². The molecule has 0 radical (unpaired) electrons. The molecule has 1 amide bonds. The van der Waals surface area contributed by atoms with E-state index in [4.69, 9.17) is 9.47 Å². The van der Waals surface area contributed by atoms with Crippen LogP contribution in [-0.4, -0.2) is 33.8 Å². The normalized spacial score (nSPS) is 12.6. The average molecular weight is 297 g/mol. The minimum Gasteiger partial charge on any atom is -0.465 e. The molecule has 1 atom stereocenters. The molecule has 0 bridgehead atoms. The number of hydrogen-bond donors (Lipinski definition) is 1. The predicted molar refractivity (Wildman–Crippen MR) is 76.6 cm³/mol. The van der Waals surface area contributed by atoms with Gasteiger partial charge in [0.15, 0.2) is 0 Å². The number of imidazole rings is 1. The number of rotatable bonds is 5. The van der Waals surface area contributed by atoms with E-state index in [1.165, 1.54) is 6.33 Å². The molecule has 1 N–H and O–H groups in total. The summed E-state index contributed by atoms with van der Waals surface area (Å²) >= 11 is 0. The fourth-order valence-electron chi connectivity index (χ4n) is 1.73. The number of amides is 1. The van der Waals surface area contributed by atoms with Gasteiger partial charge in [0.05, 0.1) is 30.9 Å². The zero-order chi connectivity index (χ0) is 16.0. The summed E-state index contributed by atoms with van der Waals surface area (Å²) in [7, 11) is 0. The molecule has 0 saturated heterocycles. The first-order valence-electron chi connectivity index (χ1n) is 6.88. The second-order valence-electron chi connectivity index (χ2n) is 5.62. The lowest BCUT2D eigenvalue weighted by atomic mass is 10.2. The van der Waals surface area contributed by atoms with Crippen LogP contribution in [-0.2, 0) is 20.8 Å². The zero-order valence-electron chi connectivity index (χ0n) is 13.2. The molecule has 0 aliphatic carbocycles. The predicted octanol–water partition coefficient (Wildman–Crippen LogP) is 2.03. The first-order valence-corrected chi connectivity index (χ1v) is 6.88. The van der Waals surface area contributed by atoms with Crippen molar-refractivity contribution in [3.63, 3.8) is 0 Å². The van der Waals surface area contributed by atoms with E-state index < -0.39 is 11.7 Å². The second kappa shape index (κ2) is 7.10. The molecule has 21 heavy (non-hydrogen) atoms. The first kappa shape index (κ1) is 17.0. The van der Waals surface area contributed by atoms with Gasteiger partial charge < -0.3 is 19.4 Å². The third-order valence-corrected chi connectivity index (χ3v) is 2.53. The zero-order valence-corrected chi connectivity index (χ0v) is 13.2. The Hall–Kier alpha value is -2.05. The Balaban J connectivity index is 2.67. The molecule has 7 heteroatoms. The molecule has 1 rings (SSSR count). The van der Waals surface area contributed by atoms with Crippen molar-refractivity contribution in [1.29, 1.82) is 0 Å². The van der Waals surface area contributed by atoms with Gasteiger partial charge in [-0.25, -0.2) is 9.78 Å². The number of carbonyl (C=O) groups is 2. The summed E-state index contributed by atoms with van der Waals surface area (Å²) in [6, 6.07) is -0.336. The van der Waals surface area contributed by atoms with E-state index in [1.807, 2.05) is 0 Å². The summed E-state index contributed by atoms with van der Waals surface area (Å²) in [4.78, 5) is 27.3. The van der Waals surface area contributed by atoms with Gasteiger partial charge in [-0.3, -0.25) is 4.79 Å². The Kier molecular flexibility index (Phi) is 5.75. The van der Waals surface area contributed by atoms with Crippen molar-refractivity contribution in [2.24, 2.45) is 0 Å². The molecule has 1 aromatic heterocycles. The van der Waals surface area contributed by atoms with Crippen molar-refractivity contribution < 1.29 is 19.1 Å². The molecule has 0 aliphatic heterocycles. The maximum Gasteiger partial charge on any atom is 0.408 e. The highest BCUT2D eigenvalue weighted by Crippen LogP contribution is 2.14. The number of nitrogens with one attached hydrogen (secondary N) is 1. The van der Waals surface area contributed by atoms with Gasteiger partial charge in [0, 0.05) is 0 Å². The van der Waals surface area contributed by atoms with Crippen molar-refractivity contribution in [1.82, 2.24) is 14.9 Å². The fourth-order valence-corrected chi connectivity index (χ4v) is 1.73. The smallest absolute Gasteiger partial charge is 0.408 e. The number of ether oxygens (including phenoxy) is 2. The maximum atomic E-state index is 11.7. The molecule has 1 heterocycles. The van der Waals surface area contributed by atoms with Crippen LogP contribution in [0.2, 0.25) is 0 Å². The molecular weight excluding hydrogens is 274 g/mol.